The second kappa shape index (κ2) is 7.42. The summed E-state index contributed by atoms with van der Waals surface area (Å²) in [5.41, 5.74) is 0.912. The fraction of sp³-hybridized carbons (Fsp3) is 0.562. The highest BCUT2D eigenvalue weighted by Crippen LogP contribution is 2.26. The smallest absolute Gasteiger partial charge is 0.264 e. The number of methoxy groups -OCH3 is 1. The molecule has 0 unspecified atom stereocenters. The highest BCUT2D eigenvalue weighted by molar-refractivity contribution is 7.12. The Morgan fingerprint density at radius 2 is 2.33 bits per heavy atom. The molecule has 24 heavy (non-hydrogen) atoms. The van der Waals surface area contributed by atoms with Crippen LogP contribution >= 0.6 is 11.3 Å². The quantitative estimate of drug-likeness (QED) is 0.824. The number of carbonyl (C=O) groups excluding carboxylic acids is 1. The largest absolute Gasteiger partial charge is 0.422 e. The first-order chi connectivity index (χ1) is 11.6. The zero-order valence-corrected chi connectivity index (χ0v) is 14.8. The lowest BCUT2D eigenvalue weighted by molar-refractivity contribution is -0.0350. The van der Waals surface area contributed by atoms with Gasteiger partial charge in [-0.15, -0.1) is 21.5 Å². The van der Waals surface area contributed by atoms with Gasteiger partial charge >= 0.3 is 0 Å². The van der Waals surface area contributed by atoms with Crippen molar-refractivity contribution in [2.24, 2.45) is 0 Å². The van der Waals surface area contributed by atoms with Crippen LogP contribution in [0.1, 0.15) is 52.9 Å². The summed E-state index contributed by atoms with van der Waals surface area (Å²) in [5.74, 6) is 1.17. The van der Waals surface area contributed by atoms with Crippen LogP contribution in [-0.4, -0.2) is 47.8 Å². The molecule has 3 rings (SSSR count). The Morgan fingerprint density at radius 1 is 1.50 bits per heavy atom. The first-order valence-electron chi connectivity index (χ1n) is 7.89. The van der Waals surface area contributed by atoms with Gasteiger partial charge in [0, 0.05) is 25.1 Å². The molecule has 7 nitrogen and oxygen atoms in total. The van der Waals surface area contributed by atoms with Gasteiger partial charge in [-0.25, -0.2) is 0 Å². The second-order valence-electron chi connectivity index (χ2n) is 5.95. The minimum Gasteiger partial charge on any atom is -0.422 e. The van der Waals surface area contributed by atoms with E-state index in [1.54, 1.807) is 12.0 Å². The Kier molecular flexibility index (Phi) is 5.27. The molecule has 0 aromatic carbocycles. The minimum absolute atomic E-state index is 0.00560. The number of amides is 1. The van der Waals surface area contributed by atoms with Gasteiger partial charge in [-0.3, -0.25) is 4.79 Å². The lowest BCUT2D eigenvalue weighted by Crippen LogP contribution is -2.42. The average molecular weight is 351 g/mol. The van der Waals surface area contributed by atoms with Gasteiger partial charge in [-0.1, -0.05) is 13.8 Å². The topological polar surface area (TPSA) is 77.7 Å². The monoisotopic (exact) mass is 351 g/mol. The maximum absolute atomic E-state index is 12.8. The molecule has 1 amide bonds. The van der Waals surface area contributed by atoms with E-state index in [0.29, 0.717) is 43.0 Å². The van der Waals surface area contributed by atoms with Crippen LogP contribution in [0, 0.1) is 0 Å². The van der Waals surface area contributed by atoms with Crippen LogP contribution in [0.15, 0.2) is 15.9 Å². The SMILES string of the molecule is COCc1ccsc1C(=O)N1CCO[C@@H](c2nnc(C(C)C)o2)C1. The van der Waals surface area contributed by atoms with Crippen molar-refractivity contribution < 1.29 is 18.7 Å². The number of rotatable bonds is 5. The van der Waals surface area contributed by atoms with Crippen LogP contribution in [0.2, 0.25) is 0 Å². The van der Waals surface area contributed by atoms with E-state index in [2.05, 4.69) is 10.2 Å². The van der Waals surface area contributed by atoms with Gasteiger partial charge in [-0.05, 0) is 11.4 Å². The molecule has 8 heteroatoms. The molecule has 0 aliphatic carbocycles. The molecule has 0 spiro atoms. The van der Waals surface area contributed by atoms with E-state index >= 15 is 0 Å². The summed E-state index contributed by atoms with van der Waals surface area (Å²) in [5, 5.41) is 10.0. The normalized spacial score (nSPS) is 18.3. The van der Waals surface area contributed by atoms with Crippen LogP contribution in [0.25, 0.3) is 0 Å². The molecule has 1 aliphatic heterocycles. The number of carbonyl (C=O) groups is 1. The fourth-order valence-corrected chi connectivity index (χ4v) is 3.41. The standard InChI is InChI=1S/C16H21N3O4S/c1-10(2)14-17-18-15(23-14)12-8-19(5-6-22-12)16(20)13-11(9-21-3)4-7-24-13/h4,7,10,12H,5-6,8-9H2,1-3H3/t12-/m1/s1. The molecule has 1 fully saturated rings. The number of thiophene rings is 1. The number of ether oxygens (including phenoxy) is 2. The summed E-state index contributed by atoms with van der Waals surface area (Å²) < 4.78 is 16.5. The van der Waals surface area contributed by atoms with E-state index in [0.717, 1.165) is 5.56 Å². The molecule has 0 saturated carbocycles. The molecule has 2 aromatic rings. The minimum atomic E-state index is -0.381. The van der Waals surface area contributed by atoms with Crippen LogP contribution in [0.4, 0.5) is 0 Å². The van der Waals surface area contributed by atoms with Gasteiger partial charge < -0.3 is 18.8 Å². The summed E-state index contributed by atoms with van der Waals surface area (Å²) in [7, 11) is 1.62. The highest BCUT2D eigenvalue weighted by atomic mass is 32.1. The molecule has 130 valence electrons. The van der Waals surface area contributed by atoms with Gasteiger partial charge in [0.25, 0.3) is 5.91 Å². The molecular formula is C16H21N3O4S. The lowest BCUT2D eigenvalue weighted by Gasteiger charge is -2.31. The summed E-state index contributed by atoms with van der Waals surface area (Å²) in [6.07, 6.45) is -0.381. The van der Waals surface area contributed by atoms with Crippen LogP contribution in [0.3, 0.4) is 0 Å². The van der Waals surface area contributed by atoms with Crippen molar-refractivity contribution in [2.45, 2.75) is 32.5 Å². The van der Waals surface area contributed by atoms with E-state index in [-0.39, 0.29) is 17.9 Å². The van der Waals surface area contributed by atoms with E-state index in [4.69, 9.17) is 13.9 Å². The molecule has 0 N–H and O–H groups in total. The second-order valence-corrected chi connectivity index (χ2v) is 6.87. The van der Waals surface area contributed by atoms with Crippen molar-refractivity contribution in [1.29, 1.82) is 0 Å². The molecule has 0 bridgehead atoms. The van der Waals surface area contributed by atoms with E-state index < -0.39 is 0 Å². The third-order valence-electron chi connectivity index (χ3n) is 3.82. The zero-order chi connectivity index (χ0) is 17.1. The van der Waals surface area contributed by atoms with Crippen LogP contribution in [-0.2, 0) is 16.1 Å². The zero-order valence-electron chi connectivity index (χ0n) is 14.0. The molecular weight excluding hydrogens is 330 g/mol. The number of morpholine rings is 1. The molecule has 3 heterocycles. The van der Waals surface area contributed by atoms with E-state index in [1.807, 2.05) is 25.3 Å². The van der Waals surface area contributed by atoms with Gasteiger partial charge in [-0.2, -0.15) is 0 Å². The van der Waals surface area contributed by atoms with Gasteiger partial charge in [0.1, 0.15) is 0 Å². The summed E-state index contributed by atoms with van der Waals surface area (Å²) >= 11 is 1.43. The number of aromatic nitrogens is 2. The number of hydrogen-bond acceptors (Lipinski definition) is 7. The van der Waals surface area contributed by atoms with Crippen molar-refractivity contribution in [3.63, 3.8) is 0 Å². The maximum atomic E-state index is 12.8. The Labute approximate surface area is 144 Å². The van der Waals surface area contributed by atoms with E-state index in [9.17, 15) is 4.79 Å². The first kappa shape index (κ1) is 17.1. The maximum Gasteiger partial charge on any atom is 0.264 e. The van der Waals surface area contributed by atoms with Crippen molar-refractivity contribution in [1.82, 2.24) is 15.1 Å². The third kappa shape index (κ3) is 3.50. The fourth-order valence-electron chi connectivity index (χ4n) is 2.53. The van der Waals surface area contributed by atoms with Gasteiger partial charge in [0.15, 0.2) is 6.10 Å². The Balaban J connectivity index is 1.72. The first-order valence-corrected chi connectivity index (χ1v) is 8.77. The van der Waals surface area contributed by atoms with Crippen molar-refractivity contribution in [3.8, 4) is 0 Å². The molecule has 1 aliphatic rings. The molecule has 1 saturated heterocycles. The van der Waals surface area contributed by atoms with Crippen molar-refractivity contribution in [3.05, 3.63) is 33.7 Å². The van der Waals surface area contributed by atoms with Gasteiger partial charge in [0.05, 0.1) is 24.6 Å². The van der Waals surface area contributed by atoms with Crippen LogP contribution in [0.5, 0.6) is 0 Å². The predicted octanol–water partition coefficient (Wildman–Crippen LogP) is 2.61. The summed E-state index contributed by atoms with van der Waals surface area (Å²) in [6.45, 7) is 5.81. The summed E-state index contributed by atoms with van der Waals surface area (Å²) in [6, 6.07) is 1.92. The predicted molar refractivity (Wildman–Crippen MR) is 88.0 cm³/mol. The Hall–Kier alpha value is -1.77. The molecule has 1 atom stereocenters. The molecule has 2 aromatic heterocycles. The number of nitrogens with zero attached hydrogens (tertiary/aromatic N) is 3. The van der Waals surface area contributed by atoms with Crippen molar-refractivity contribution >= 4 is 17.2 Å². The number of hydrogen-bond donors (Lipinski definition) is 0. The highest BCUT2D eigenvalue weighted by Gasteiger charge is 2.31. The lowest BCUT2D eigenvalue weighted by atomic mass is 10.2. The van der Waals surface area contributed by atoms with Crippen LogP contribution < -0.4 is 0 Å². The Morgan fingerprint density at radius 3 is 3.04 bits per heavy atom. The van der Waals surface area contributed by atoms with Crippen molar-refractivity contribution in [2.75, 3.05) is 26.8 Å². The molecule has 0 radical (unpaired) electrons. The third-order valence-corrected chi connectivity index (χ3v) is 4.76. The van der Waals surface area contributed by atoms with E-state index in [1.165, 1.54) is 11.3 Å². The average Bonchev–Trinajstić information content (AvgIpc) is 3.24. The summed E-state index contributed by atoms with van der Waals surface area (Å²) in [4.78, 5) is 15.3. The Bertz CT molecular complexity index is 697. The van der Waals surface area contributed by atoms with Gasteiger partial charge in [0.2, 0.25) is 11.8 Å².